The molecule has 0 saturated carbocycles. The third-order valence-electron chi connectivity index (χ3n) is 9.91. The number of unbranched alkanes of at least 4 members (excludes halogenated alkanes) is 3. The van der Waals surface area contributed by atoms with Crippen LogP contribution >= 0.6 is 15.9 Å². The summed E-state index contributed by atoms with van der Waals surface area (Å²) in [5.74, 6) is -3.19. The molecule has 4 heterocycles. The molecule has 0 unspecified atom stereocenters. The third kappa shape index (κ3) is 6.42. The van der Waals surface area contributed by atoms with Crippen LogP contribution in [0, 0.1) is 11.8 Å². The number of carbonyl (C=O) groups is 4. The quantitative estimate of drug-likeness (QED) is 0.234. The van der Waals surface area contributed by atoms with Gasteiger partial charge >= 0.3 is 5.97 Å². The van der Waals surface area contributed by atoms with Gasteiger partial charge in [-0.3, -0.25) is 19.2 Å². The van der Waals surface area contributed by atoms with Crippen LogP contribution in [0.15, 0.2) is 53.0 Å². The number of likely N-dealkylation sites (tertiary alicyclic amines) is 1. The number of fused-ring (bicyclic) bond motifs is 2. The van der Waals surface area contributed by atoms with E-state index in [4.69, 9.17) is 9.47 Å². The number of aliphatic hydroxyl groups is 1. The molecule has 5 rings (SSSR count). The van der Waals surface area contributed by atoms with Crippen LogP contribution in [0.5, 0.6) is 0 Å². The molecule has 250 valence electrons. The maximum Gasteiger partial charge on any atom is 0.313 e. The minimum atomic E-state index is -1.35. The molecule has 0 aromatic heterocycles. The second-order valence-corrected chi connectivity index (χ2v) is 13.7. The molecule has 7 atom stereocenters. The number of hydrogen-bond donors (Lipinski definition) is 1. The number of allylic oxidation sites excluding steroid dienone is 1. The average molecular weight is 701 g/mol. The zero-order valence-electron chi connectivity index (χ0n) is 27.0. The molecule has 10 nitrogen and oxygen atoms in total. The van der Waals surface area contributed by atoms with Gasteiger partial charge in [0.05, 0.1) is 12.0 Å². The van der Waals surface area contributed by atoms with E-state index in [0.29, 0.717) is 36.8 Å². The van der Waals surface area contributed by atoms with Crippen molar-refractivity contribution in [1.29, 1.82) is 0 Å². The van der Waals surface area contributed by atoms with Gasteiger partial charge in [0.1, 0.15) is 29.8 Å². The van der Waals surface area contributed by atoms with E-state index in [2.05, 4.69) is 22.9 Å². The summed E-state index contributed by atoms with van der Waals surface area (Å²) in [6.07, 6.45) is 8.56. The molecule has 4 aliphatic heterocycles. The number of amides is 3. The highest BCUT2D eigenvalue weighted by molar-refractivity contribution is 9.11. The molecule has 1 spiro atoms. The van der Waals surface area contributed by atoms with Crippen LogP contribution in [-0.2, 0) is 28.7 Å². The van der Waals surface area contributed by atoms with Crippen LogP contribution in [0.2, 0.25) is 0 Å². The highest BCUT2D eigenvalue weighted by Gasteiger charge is 2.74. The Bertz CT molecular complexity index is 1350. The highest BCUT2D eigenvalue weighted by Crippen LogP contribution is 2.59. The lowest BCUT2D eigenvalue weighted by molar-refractivity contribution is -0.164. The molecule has 1 N–H and O–H groups in total. The summed E-state index contributed by atoms with van der Waals surface area (Å²) in [7, 11) is 1.72. The molecule has 2 fully saturated rings. The summed E-state index contributed by atoms with van der Waals surface area (Å²) in [5.41, 5.74) is -0.615. The highest BCUT2D eigenvalue weighted by atomic mass is 79.9. The van der Waals surface area contributed by atoms with Crippen LogP contribution in [0.1, 0.15) is 70.5 Å². The lowest BCUT2D eigenvalue weighted by Gasteiger charge is -2.36. The van der Waals surface area contributed by atoms with Crippen LogP contribution < -0.4 is 0 Å². The zero-order valence-corrected chi connectivity index (χ0v) is 28.6. The molecule has 4 aliphatic rings. The summed E-state index contributed by atoms with van der Waals surface area (Å²) in [6, 6.07) is 7.83. The standard InChI is InChI=1S/C35H46BrN3O7/c1-4-5-11-18-38-19-12-7-10-17-26(41)37(3)23(2)29(24-15-8-6-9-16-24)45-34(44)27-28-32(42)39(20-13-14-21-40)31(33(38)43)35(28)22-25(36)30(27)46-35/h6-9,12,15-16,22-23,27-31,40H,4-5,10-11,13-14,17-21H2,1-3H3/b12-7-/t23-,27+,28-,29+,30+,31+,35-/m0/s1. The van der Waals surface area contributed by atoms with Crippen molar-refractivity contribution in [2.45, 2.75) is 88.7 Å². The van der Waals surface area contributed by atoms with Crippen molar-refractivity contribution in [2.75, 3.05) is 33.3 Å². The molecule has 11 heteroatoms. The van der Waals surface area contributed by atoms with Crippen molar-refractivity contribution >= 4 is 39.6 Å². The van der Waals surface area contributed by atoms with E-state index in [9.17, 15) is 24.3 Å². The molecule has 1 aromatic carbocycles. The summed E-state index contributed by atoms with van der Waals surface area (Å²) in [6.45, 7) is 5.01. The largest absolute Gasteiger partial charge is 0.455 e. The van der Waals surface area contributed by atoms with E-state index in [1.54, 1.807) is 21.7 Å². The summed E-state index contributed by atoms with van der Waals surface area (Å²) in [4.78, 5) is 61.6. The minimum absolute atomic E-state index is 0.0296. The smallest absolute Gasteiger partial charge is 0.313 e. The van der Waals surface area contributed by atoms with Gasteiger partial charge in [0.15, 0.2) is 0 Å². The van der Waals surface area contributed by atoms with Crippen LogP contribution in [0.3, 0.4) is 0 Å². The van der Waals surface area contributed by atoms with E-state index < -0.39 is 47.7 Å². The molecule has 1 aromatic rings. The zero-order chi connectivity index (χ0) is 33.0. The molecule has 3 amide bonds. The first-order valence-corrected chi connectivity index (χ1v) is 17.4. The first kappa shape index (κ1) is 34.3. The number of halogens is 1. The maximum absolute atomic E-state index is 14.6. The Morgan fingerprint density at radius 1 is 0.978 bits per heavy atom. The predicted octanol–water partition coefficient (Wildman–Crippen LogP) is 4.13. The van der Waals surface area contributed by atoms with Crippen molar-refractivity contribution in [2.24, 2.45) is 11.8 Å². The maximum atomic E-state index is 14.6. The molecular formula is C35H46BrN3O7. The molecule has 0 aliphatic carbocycles. The van der Waals surface area contributed by atoms with Gasteiger partial charge in [-0.15, -0.1) is 0 Å². The fourth-order valence-corrected chi connectivity index (χ4v) is 8.08. The minimum Gasteiger partial charge on any atom is -0.455 e. The molecular weight excluding hydrogens is 654 g/mol. The lowest BCUT2D eigenvalue weighted by atomic mass is 9.74. The Balaban J connectivity index is 1.59. The number of ether oxygens (including phenoxy) is 2. The number of benzene rings is 1. The van der Waals surface area contributed by atoms with E-state index >= 15 is 0 Å². The predicted molar refractivity (Wildman–Crippen MR) is 175 cm³/mol. The molecule has 0 radical (unpaired) electrons. The number of aliphatic hydroxyl groups excluding tert-OH is 1. The number of esters is 1. The second kappa shape index (κ2) is 14.8. The summed E-state index contributed by atoms with van der Waals surface area (Å²) >= 11 is 3.61. The van der Waals surface area contributed by atoms with Gasteiger partial charge in [-0.25, -0.2) is 0 Å². The fourth-order valence-electron chi connectivity index (χ4n) is 7.34. The average Bonchev–Trinajstić information content (AvgIpc) is 3.64. The van der Waals surface area contributed by atoms with Crippen LogP contribution in [-0.4, -0.2) is 101 Å². The number of likely N-dealkylation sites (N-methyl/N-ethyl adjacent to an activating group) is 1. The fraction of sp³-hybridized carbons (Fsp3) is 0.600. The van der Waals surface area contributed by atoms with Crippen molar-refractivity contribution in [3.8, 4) is 0 Å². The Hall–Kier alpha value is -3.02. The normalized spacial score (nSPS) is 32.5. The number of rotatable bonds is 9. The van der Waals surface area contributed by atoms with Gasteiger partial charge in [-0.05, 0) is 44.2 Å². The van der Waals surface area contributed by atoms with Crippen molar-refractivity contribution < 1.29 is 33.8 Å². The Labute approximate surface area is 279 Å². The second-order valence-electron chi connectivity index (χ2n) is 12.8. The van der Waals surface area contributed by atoms with Crippen molar-refractivity contribution in [3.63, 3.8) is 0 Å². The molecule has 2 saturated heterocycles. The Kier molecular flexibility index (Phi) is 11.1. The van der Waals surface area contributed by atoms with E-state index in [-0.39, 0.29) is 37.3 Å². The van der Waals surface area contributed by atoms with Crippen molar-refractivity contribution in [1.82, 2.24) is 14.7 Å². The van der Waals surface area contributed by atoms with E-state index in [1.807, 2.05) is 55.5 Å². The van der Waals surface area contributed by atoms with Crippen LogP contribution in [0.4, 0.5) is 0 Å². The SMILES string of the molecule is CCCCCN1C/C=C\CCC(=O)N(C)[C@@H](C)[C@H](c2ccccc2)OC(=O)[C@H]2[C@@H]3O[C@@]4(C=C3Br)[C@@H]2C(=O)N(CCCCO)[C@@H]4C1=O. The van der Waals surface area contributed by atoms with Gasteiger partial charge in [0.2, 0.25) is 17.7 Å². The number of cyclic esters (lactones) is 1. The van der Waals surface area contributed by atoms with Gasteiger partial charge in [-0.2, -0.15) is 0 Å². The van der Waals surface area contributed by atoms with Gasteiger partial charge < -0.3 is 29.3 Å². The third-order valence-corrected chi connectivity index (χ3v) is 10.6. The first-order valence-electron chi connectivity index (χ1n) is 16.6. The number of carbonyl (C=O) groups excluding carboxylic acids is 4. The van der Waals surface area contributed by atoms with Crippen LogP contribution in [0.25, 0.3) is 0 Å². The lowest BCUT2D eigenvalue weighted by Crippen LogP contribution is -2.56. The van der Waals surface area contributed by atoms with E-state index in [0.717, 1.165) is 24.8 Å². The van der Waals surface area contributed by atoms with Gasteiger partial charge in [-0.1, -0.05) is 78.2 Å². The van der Waals surface area contributed by atoms with Crippen molar-refractivity contribution in [3.05, 3.63) is 58.6 Å². The Morgan fingerprint density at radius 3 is 2.43 bits per heavy atom. The molecule has 5 bridgehead atoms. The van der Waals surface area contributed by atoms with Gasteiger partial charge in [0.25, 0.3) is 0 Å². The summed E-state index contributed by atoms with van der Waals surface area (Å²) in [5, 5.41) is 9.50. The van der Waals surface area contributed by atoms with Gasteiger partial charge in [0, 0.05) is 44.2 Å². The topological polar surface area (TPSA) is 117 Å². The number of nitrogens with zero attached hydrogens (tertiary/aromatic N) is 3. The first-order chi connectivity index (χ1) is 22.2. The summed E-state index contributed by atoms with van der Waals surface area (Å²) < 4.78 is 13.5. The Morgan fingerprint density at radius 2 is 1.72 bits per heavy atom. The molecule has 46 heavy (non-hydrogen) atoms. The van der Waals surface area contributed by atoms with E-state index in [1.165, 1.54) is 0 Å². The monoisotopic (exact) mass is 699 g/mol. The number of hydrogen-bond acceptors (Lipinski definition) is 7.